The number of hydrogen-bond donors (Lipinski definition) is 2. The van der Waals surface area contributed by atoms with E-state index >= 15 is 0 Å². The number of carboxylic acids is 1. The molecule has 0 bridgehead atoms. The van der Waals surface area contributed by atoms with Gasteiger partial charge in [0.1, 0.15) is 4.90 Å². The number of nitrogens with one attached hydrogen (secondary N) is 1. The molecule has 0 radical (unpaired) electrons. The largest absolute Gasteiger partial charge is 0.481 e. The highest BCUT2D eigenvalue weighted by Gasteiger charge is 2.27. The number of aliphatic carboxylic acids is 1. The summed E-state index contributed by atoms with van der Waals surface area (Å²) in [5, 5.41) is 8.80. The highest BCUT2D eigenvalue weighted by Crippen LogP contribution is 2.29. The van der Waals surface area contributed by atoms with Crippen LogP contribution in [0.15, 0.2) is 23.1 Å². The van der Waals surface area contributed by atoms with E-state index in [-0.39, 0.29) is 27.3 Å². The van der Waals surface area contributed by atoms with Crippen LogP contribution in [0.1, 0.15) is 20.3 Å². The molecule has 1 aromatic rings. The third-order valence-corrected chi connectivity index (χ3v) is 5.14. The lowest BCUT2D eigenvalue weighted by Gasteiger charge is -2.21. The van der Waals surface area contributed by atoms with Gasteiger partial charge in [0, 0.05) is 6.04 Å². The molecule has 8 heteroatoms. The molecule has 1 unspecified atom stereocenters. The zero-order chi connectivity index (χ0) is 15.5. The molecule has 0 fully saturated rings. The maximum atomic E-state index is 12.3. The fraction of sp³-hybridized carbons (Fsp3) is 0.417. The molecule has 0 aliphatic rings. The Balaban J connectivity index is 3.13. The number of carboxylic acid groups (broad SMARTS) is 1. The topological polar surface area (TPSA) is 83.5 Å². The Hall–Kier alpha value is -0.820. The Bertz CT molecular complexity index is 581. The fourth-order valence-corrected chi connectivity index (χ4v) is 4.13. The molecule has 0 aromatic heterocycles. The summed E-state index contributed by atoms with van der Waals surface area (Å²) in [6, 6.07) is 3.60. The minimum absolute atomic E-state index is 0.0113. The first-order valence-electron chi connectivity index (χ1n) is 5.83. The minimum Gasteiger partial charge on any atom is -0.481 e. The number of hydrogen-bond acceptors (Lipinski definition) is 3. The van der Waals surface area contributed by atoms with Gasteiger partial charge in [-0.1, -0.05) is 43.1 Å². The summed E-state index contributed by atoms with van der Waals surface area (Å²) in [4.78, 5) is 10.5. The van der Waals surface area contributed by atoms with Crippen molar-refractivity contribution < 1.29 is 18.3 Å². The standard InChI is InChI=1S/C12H15Cl2NO4S/c1-7(2)10(6-11(16)17)15-20(18,19)12-8(13)4-3-5-9(12)14/h3-5,7,10,15H,6H2,1-2H3,(H,16,17). The summed E-state index contributed by atoms with van der Waals surface area (Å²) in [6.45, 7) is 3.45. The number of rotatable bonds is 6. The van der Waals surface area contributed by atoms with Crippen LogP contribution in [0.4, 0.5) is 0 Å². The maximum absolute atomic E-state index is 12.3. The smallest absolute Gasteiger partial charge is 0.304 e. The second-order valence-electron chi connectivity index (χ2n) is 4.62. The van der Waals surface area contributed by atoms with Gasteiger partial charge in [-0.3, -0.25) is 4.79 Å². The van der Waals surface area contributed by atoms with Crippen molar-refractivity contribution in [3.63, 3.8) is 0 Å². The van der Waals surface area contributed by atoms with Crippen molar-refractivity contribution in [2.45, 2.75) is 31.2 Å². The number of halogens is 2. The number of sulfonamides is 1. The lowest BCUT2D eigenvalue weighted by molar-refractivity contribution is -0.137. The van der Waals surface area contributed by atoms with E-state index in [1.807, 2.05) is 0 Å². The van der Waals surface area contributed by atoms with Crippen LogP contribution in [0.3, 0.4) is 0 Å². The SMILES string of the molecule is CC(C)C(CC(=O)O)NS(=O)(=O)c1c(Cl)cccc1Cl. The first-order chi connectivity index (χ1) is 9.15. The van der Waals surface area contributed by atoms with Crippen molar-refractivity contribution in [2.75, 3.05) is 0 Å². The Labute approximate surface area is 127 Å². The van der Waals surface area contributed by atoms with E-state index in [1.54, 1.807) is 13.8 Å². The third kappa shape index (κ3) is 4.34. The number of benzene rings is 1. The lowest BCUT2D eigenvalue weighted by atomic mass is 10.0. The minimum atomic E-state index is -3.99. The molecule has 112 valence electrons. The predicted molar refractivity (Wildman–Crippen MR) is 77.7 cm³/mol. The van der Waals surface area contributed by atoms with Gasteiger partial charge in [0.05, 0.1) is 16.5 Å². The number of carbonyl (C=O) groups is 1. The van der Waals surface area contributed by atoms with Crippen LogP contribution < -0.4 is 4.72 Å². The van der Waals surface area contributed by atoms with E-state index in [1.165, 1.54) is 18.2 Å². The quantitative estimate of drug-likeness (QED) is 0.834. The second-order valence-corrected chi connectivity index (χ2v) is 7.09. The van der Waals surface area contributed by atoms with E-state index < -0.39 is 22.0 Å². The first-order valence-corrected chi connectivity index (χ1v) is 8.07. The van der Waals surface area contributed by atoms with Crippen molar-refractivity contribution in [3.8, 4) is 0 Å². The molecule has 1 rings (SSSR count). The summed E-state index contributed by atoms with van der Waals surface area (Å²) in [5.74, 6) is -1.28. The van der Waals surface area contributed by atoms with Crippen LogP contribution in [0, 0.1) is 5.92 Å². The van der Waals surface area contributed by atoms with Gasteiger partial charge in [-0.05, 0) is 18.1 Å². The van der Waals surface area contributed by atoms with E-state index in [0.29, 0.717) is 0 Å². The zero-order valence-electron chi connectivity index (χ0n) is 10.9. The summed E-state index contributed by atoms with van der Waals surface area (Å²) < 4.78 is 26.9. The van der Waals surface area contributed by atoms with Crippen LogP contribution in [0.5, 0.6) is 0 Å². The first kappa shape index (κ1) is 17.2. The molecule has 1 atom stereocenters. The molecule has 0 amide bonds. The summed E-state index contributed by atoms with van der Waals surface area (Å²) in [5.41, 5.74) is 0. The molecule has 0 saturated heterocycles. The molecule has 0 heterocycles. The molecule has 2 N–H and O–H groups in total. The molecule has 1 aromatic carbocycles. The normalized spacial score (nSPS) is 13.4. The maximum Gasteiger partial charge on any atom is 0.304 e. The van der Waals surface area contributed by atoms with Crippen LogP contribution in [-0.4, -0.2) is 25.5 Å². The van der Waals surface area contributed by atoms with Crippen molar-refractivity contribution in [3.05, 3.63) is 28.2 Å². The van der Waals surface area contributed by atoms with Crippen LogP contribution in [0.2, 0.25) is 10.0 Å². The summed E-state index contributed by atoms with van der Waals surface area (Å²) in [7, 11) is -3.99. The van der Waals surface area contributed by atoms with Gasteiger partial charge in [-0.25, -0.2) is 13.1 Å². The molecule has 0 aliphatic carbocycles. The van der Waals surface area contributed by atoms with Crippen molar-refractivity contribution in [1.82, 2.24) is 4.72 Å². The Kier molecular flexibility index (Phi) is 5.82. The summed E-state index contributed by atoms with van der Waals surface area (Å²) in [6.07, 6.45) is -0.320. The zero-order valence-corrected chi connectivity index (χ0v) is 13.3. The van der Waals surface area contributed by atoms with E-state index in [2.05, 4.69) is 4.72 Å². The van der Waals surface area contributed by atoms with Crippen molar-refractivity contribution in [2.24, 2.45) is 5.92 Å². The average molecular weight is 340 g/mol. The molecule has 20 heavy (non-hydrogen) atoms. The Morgan fingerprint density at radius 3 is 2.20 bits per heavy atom. The predicted octanol–water partition coefficient (Wildman–Crippen LogP) is 2.77. The van der Waals surface area contributed by atoms with Crippen LogP contribution >= 0.6 is 23.2 Å². The summed E-state index contributed by atoms with van der Waals surface area (Å²) >= 11 is 11.7. The second kappa shape index (κ2) is 6.76. The van der Waals surface area contributed by atoms with E-state index in [4.69, 9.17) is 28.3 Å². The molecule has 0 spiro atoms. The molecular weight excluding hydrogens is 325 g/mol. The third-order valence-electron chi connectivity index (χ3n) is 2.69. The lowest BCUT2D eigenvalue weighted by Crippen LogP contribution is -2.40. The van der Waals surface area contributed by atoms with Gasteiger partial charge in [0.25, 0.3) is 0 Å². The van der Waals surface area contributed by atoms with E-state index in [9.17, 15) is 13.2 Å². The van der Waals surface area contributed by atoms with Gasteiger partial charge < -0.3 is 5.11 Å². The highest BCUT2D eigenvalue weighted by atomic mass is 35.5. The van der Waals surface area contributed by atoms with Gasteiger partial charge in [0.15, 0.2) is 0 Å². The van der Waals surface area contributed by atoms with Crippen LogP contribution in [0.25, 0.3) is 0 Å². The van der Waals surface area contributed by atoms with Crippen LogP contribution in [-0.2, 0) is 14.8 Å². The highest BCUT2D eigenvalue weighted by molar-refractivity contribution is 7.89. The Morgan fingerprint density at radius 1 is 1.30 bits per heavy atom. The Morgan fingerprint density at radius 2 is 1.80 bits per heavy atom. The van der Waals surface area contributed by atoms with E-state index in [0.717, 1.165) is 0 Å². The van der Waals surface area contributed by atoms with Gasteiger partial charge in [0.2, 0.25) is 10.0 Å². The van der Waals surface area contributed by atoms with Crippen molar-refractivity contribution >= 4 is 39.2 Å². The average Bonchev–Trinajstić information content (AvgIpc) is 2.26. The van der Waals surface area contributed by atoms with Crippen molar-refractivity contribution in [1.29, 1.82) is 0 Å². The van der Waals surface area contributed by atoms with Gasteiger partial charge >= 0.3 is 5.97 Å². The molecule has 5 nitrogen and oxygen atoms in total. The fourth-order valence-electron chi connectivity index (χ4n) is 1.60. The molecular formula is C12H15Cl2NO4S. The van der Waals surface area contributed by atoms with Gasteiger partial charge in [-0.2, -0.15) is 0 Å². The van der Waals surface area contributed by atoms with Gasteiger partial charge in [-0.15, -0.1) is 0 Å². The molecule has 0 aliphatic heterocycles. The monoisotopic (exact) mass is 339 g/mol. The molecule has 0 saturated carbocycles.